The summed E-state index contributed by atoms with van der Waals surface area (Å²) in [5.74, 6) is 1.76. The molecule has 1 aliphatic heterocycles. The lowest BCUT2D eigenvalue weighted by Gasteiger charge is -2.39. The summed E-state index contributed by atoms with van der Waals surface area (Å²) in [6, 6.07) is 8.30. The molecular weight excluding hydrogens is 328 g/mol. The van der Waals surface area contributed by atoms with E-state index in [0.717, 1.165) is 44.3 Å². The minimum atomic E-state index is -0.172. The average molecular weight is 358 g/mol. The zero-order valence-electron chi connectivity index (χ0n) is 16.5. The van der Waals surface area contributed by atoms with Gasteiger partial charge in [0.25, 0.3) is 0 Å². The van der Waals surface area contributed by atoms with E-state index in [2.05, 4.69) is 65.2 Å². The number of hydrogen-bond acceptors (Lipinski definition) is 6. The van der Waals surface area contributed by atoms with Crippen LogP contribution in [0.2, 0.25) is 0 Å². The van der Waals surface area contributed by atoms with Crippen molar-refractivity contribution in [3.63, 3.8) is 0 Å². The number of ether oxygens (including phenoxy) is 1. The lowest BCUT2D eigenvalue weighted by molar-refractivity contribution is 0.106. The Labute approximate surface area is 155 Å². The molecule has 1 aromatic carbocycles. The largest absolute Gasteiger partial charge is 0.497 e. The van der Waals surface area contributed by atoms with Crippen molar-refractivity contribution in [2.75, 3.05) is 39.8 Å². The Morgan fingerprint density at radius 2 is 1.73 bits per heavy atom. The van der Waals surface area contributed by atoms with E-state index in [-0.39, 0.29) is 11.6 Å². The number of benzene rings is 1. The topological polar surface area (TPSA) is 59.3 Å². The van der Waals surface area contributed by atoms with Crippen LogP contribution in [0.1, 0.15) is 45.1 Å². The molecule has 0 aliphatic carbocycles. The first kappa shape index (κ1) is 18.8. The van der Waals surface area contributed by atoms with Gasteiger partial charge in [0, 0.05) is 26.2 Å². The first-order valence-electron chi connectivity index (χ1n) is 9.33. The number of nitrogens with zero attached hydrogens (tertiary/aromatic N) is 6. The van der Waals surface area contributed by atoms with Gasteiger partial charge in [-0.15, -0.1) is 5.10 Å². The van der Waals surface area contributed by atoms with Crippen LogP contribution in [0.5, 0.6) is 5.75 Å². The third-order valence-corrected chi connectivity index (χ3v) is 5.02. The predicted octanol–water partition coefficient (Wildman–Crippen LogP) is 2.16. The minimum Gasteiger partial charge on any atom is -0.497 e. The molecule has 26 heavy (non-hydrogen) atoms. The van der Waals surface area contributed by atoms with Crippen molar-refractivity contribution in [1.29, 1.82) is 0 Å². The Kier molecular flexibility index (Phi) is 5.58. The monoisotopic (exact) mass is 358 g/mol. The molecule has 1 unspecified atom stereocenters. The van der Waals surface area contributed by atoms with Crippen molar-refractivity contribution < 1.29 is 4.74 Å². The van der Waals surface area contributed by atoms with Crippen molar-refractivity contribution in [3.8, 4) is 5.75 Å². The second-order valence-electron chi connectivity index (χ2n) is 7.77. The lowest BCUT2D eigenvalue weighted by Crippen LogP contribution is -2.48. The summed E-state index contributed by atoms with van der Waals surface area (Å²) < 4.78 is 7.28. The van der Waals surface area contributed by atoms with E-state index < -0.39 is 0 Å². The predicted molar refractivity (Wildman–Crippen MR) is 101 cm³/mol. The summed E-state index contributed by atoms with van der Waals surface area (Å²) in [6.45, 7) is 13.9. The fourth-order valence-electron chi connectivity index (χ4n) is 3.49. The van der Waals surface area contributed by atoms with Gasteiger partial charge in [-0.3, -0.25) is 4.90 Å². The second-order valence-corrected chi connectivity index (χ2v) is 7.77. The normalized spacial score (nSPS) is 18.0. The van der Waals surface area contributed by atoms with Gasteiger partial charge in [0.1, 0.15) is 5.75 Å². The first-order valence-corrected chi connectivity index (χ1v) is 9.33. The highest BCUT2D eigenvalue weighted by atomic mass is 16.5. The van der Waals surface area contributed by atoms with Crippen LogP contribution in [-0.2, 0) is 5.54 Å². The van der Waals surface area contributed by atoms with Gasteiger partial charge in [-0.05, 0) is 55.4 Å². The maximum absolute atomic E-state index is 5.33. The molecule has 0 amide bonds. The van der Waals surface area contributed by atoms with Crippen LogP contribution in [0.25, 0.3) is 0 Å². The van der Waals surface area contributed by atoms with Crippen molar-refractivity contribution in [3.05, 3.63) is 35.7 Å². The quantitative estimate of drug-likeness (QED) is 0.816. The van der Waals surface area contributed by atoms with Gasteiger partial charge in [0.2, 0.25) is 0 Å². The summed E-state index contributed by atoms with van der Waals surface area (Å²) in [4.78, 5) is 4.97. The highest BCUT2D eigenvalue weighted by Crippen LogP contribution is 2.31. The molecule has 7 nitrogen and oxygen atoms in total. The minimum absolute atomic E-state index is 0.0362. The number of piperazine rings is 1. The number of aromatic nitrogens is 4. The molecule has 1 saturated heterocycles. The molecule has 142 valence electrons. The van der Waals surface area contributed by atoms with Gasteiger partial charge in [0.15, 0.2) is 5.82 Å². The van der Waals surface area contributed by atoms with Crippen molar-refractivity contribution in [2.45, 2.75) is 39.3 Å². The molecule has 3 rings (SSSR count). The average Bonchev–Trinajstić information content (AvgIpc) is 3.13. The van der Waals surface area contributed by atoms with E-state index in [9.17, 15) is 0 Å². The van der Waals surface area contributed by atoms with Crippen molar-refractivity contribution in [1.82, 2.24) is 30.0 Å². The van der Waals surface area contributed by atoms with Gasteiger partial charge >= 0.3 is 0 Å². The van der Waals surface area contributed by atoms with Crippen LogP contribution in [0, 0.1) is 0 Å². The molecule has 0 saturated carbocycles. The Bertz CT molecular complexity index is 698. The first-order chi connectivity index (χ1) is 12.4. The Morgan fingerprint density at radius 1 is 1.08 bits per heavy atom. The third-order valence-electron chi connectivity index (χ3n) is 5.02. The summed E-state index contributed by atoms with van der Waals surface area (Å²) in [6.07, 6.45) is 0. The lowest BCUT2D eigenvalue weighted by atomic mass is 10.0. The fourth-order valence-corrected chi connectivity index (χ4v) is 3.49. The van der Waals surface area contributed by atoms with Crippen LogP contribution in [-0.4, -0.2) is 69.8 Å². The van der Waals surface area contributed by atoms with Crippen LogP contribution < -0.4 is 4.74 Å². The van der Waals surface area contributed by atoms with Crippen molar-refractivity contribution in [2.24, 2.45) is 0 Å². The smallest absolute Gasteiger partial charge is 0.173 e. The van der Waals surface area contributed by atoms with Crippen LogP contribution in [0.4, 0.5) is 0 Å². The maximum atomic E-state index is 5.33. The SMILES string of the molecule is CCN1CCN(C(c2ccc(OC)cc2)c2nnnn2C(C)(C)C)CC1. The third kappa shape index (κ3) is 3.88. The van der Waals surface area contributed by atoms with Crippen LogP contribution in [0.3, 0.4) is 0 Å². The molecule has 1 aliphatic rings. The van der Waals surface area contributed by atoms with Gasteiger partial charge in [-0.25, -0.2) is 4.68 Å². The molecule has 1 fully saturated rings. The number of rotatable bonds is 5. The molecule has 0 N–H and O–H groups in total. The van der Waals surface area contributed by atoms with E-state index in [1.807, 2.05) is 16.8 Å². The number of likely N-dealkylation sites (N-methyl/N-ethyl adjacent to an activating group) is 1. The number of methoxy groups -OCH3 is 1. The highest BCUT2D eigenvalue weighted by Gasteiger charge is 2.32. The Morgan fingerprint density at radius 3 is 2.27 bits per heavy atom. The second kappa shape index (κ2) is 7.72. The zero-order valence-corrected chi connectivity index (χ0v) is 16.5. The summed E-state index contributed by atoms with van der Waals surface area (Å²) in [5, 5.41) is 12.7. The summed E-state index contributed by atoms with van der Waals surface area (Å²) in [5.41, 5.74) is 1.02. The van der Waals surface area contributed by atoms with E-state index in [0.29, 0.717) is 0 Å². The molecule has 0 bridgehead atoms. The van der Waals surface area contributed by atoms with E-state index >= 15 is 0 Å². The number of hydrogen-bond donors (Lipinski definition) is 0. The van der Waals surface area contributed by atoms with Gasteiger partial charge < -0.3 is 9.64 Å². The van der Waals surface area contributed by atoms with Gasteiger partial charge in [-0.2, -0.15) is 0 Å². The number of tetrazole rings is 1. The van der Waals surface area contributed by atoms with Gasteiger partial charge in [-0.1, -0.05) is 19.1 Å². The van der Waals surface area contributed by atoms with E-state index in [4.69, 9.17) is 4.74 Å². The fraction of sp³-hybridized carbons (Fsp3) is 0.632. The van der Waals surface area contributed by atoms with Gasteiger partial charge in [0.05, 0.1) is 18.7 Å². The Balaban J connectivity index is 1.98. The van der Waals surface area contributed by atoms with E-state index in [1.165, 1.54) is 5.56 Å². The molecule has 2 aromatic rings. The highest BCUT2D eigenvalue weighted by molar-refractivity contribution is 5.32. The molecular formula is C19H30N6O. The molecule has 7 heteroatoms. The van der Waals surface area contributed by atoms with Crippen LogP contribution >= 0.6 is 0 Å². The van der Waals surface area contributed by atoms with E-state index in [1.54, 1.807) is 7.11 Å². The van der Waals surface area contributed by atoms with Crippen LogP contribution in [0.15, 0.2) is 24.3 Å². The molecule has 0 radical (unpaired) electrons. The summed E-state index contributed by atoms with van der Waals surface area (Å²) >= 11 is 0. The Hall–Kier alpha value is -1.99. The molecule has 1 atom stereocenters. The standard InChI is InChI=1S/C19H30N6O/c1-6-23-11-13-24(14-12-23)17(15-7-9-16(26-5)10-8-15)18-20-21-22-25(18)19(2,3)4/h7-10,17H,6,11-14H2,1-5H3. The van der Waals surface area contributed by atoms with Crippen molar-refractivity contribution >= 4 is 0 Å². The molecule has 2 heterocycles. The molecule has 0 spiro atoms. The maximum Gasteiger partial charge on any atom is 0.173 e. The molecule has 1 aromatic heterocycles. The summed E-state index contributed by atoms with van der Waals surface area (Å²) in [7, 11) is 1.69. The zero-order chi connectivity index (χ0) is 18.7.